The summed E-state index contributed by atoms with van der Waals surface area (Å²) in [6, 6.07) is -0.594. The van der Waals surface area contributed by atoms with E-state index < -0.39 is 12.1 Å². The van der Waals surface area contributed by atoms with Crippen LogP contribution in [0, 0.1) is 5.92 Å². The number of hydrogen-bond acceptors (Lipinski definition) is 4. The molecule has 1 aliphatic rings. The van der Waals surface area contributed by atoms with Gasteiger partial charge in [-0.05, 0) is 18.8 Å². The summed E-state index contributed by atoms with van der Waals surface area (Å²) < 4.78 is 4.55. The number of nitrogens with one attached hydrogen (secondary N) is 1. The third-order valence-corrected chi connectivity index (χ3v) is 3.69. The van der Waals surface area contributed by atoms with Crippen LogP contribution in [0.4, 0.5) is 4.79 Å². The molecule has 1 saturated heterocycles. The third kappa shape index (κ3) is 5.66. The molecule has 0 spiro atoms. The summed E-state index contributed by atoms with van der Waals surface area (Å²) in [4.78, 5) is 37.2. The van der Waals surface area contributed by atoms with Crippen molar-refractivity contribution in [1.29, 1.82) is 0 Å². The van der Waals surface area contributed by atoms with Crippen molar-refractivity contribution in [2.75, 3.05) is 13.7 Å². The normalized spacial score (nSPS) is 19.1. The summed E-state index contributed by atoms with van der Waals surface area (Å²) in [7, 11) is 1.26. The minimum Gasteiger partial charge on any atom is -0.453 e. The lowest BCUT2D eigenvalue weighted by molar-refractivity contribution is -0.143. The molecule has 1 N–H and O–H groups in total. The van der Waals surface area contributed by atoms with Crippen molar-refractivity contribution in [3.8, 4) is 0 Å². The zero-order chi connectivity index (χ0) is 17.3. The molecule has 0 radical (unpaired) electrons. The van der Waals surface area contributed by atoms with Crippen LogP contribution in [-0.4, -0.2) is 48.4 Å². The van der Waals surface area contributed by atoms with Crippen LogP contribution in [0.15, 0.2) is 0 Å². The fourth-order valence-electron chi connectivity index (χ4n) is 2.44. The van der Waals surface area contributed by atoms with Gasteiger partial charge < -0.3 is 15.0 Å². The van der Waals surface area contributed by atoms with Crippen LogP contribution < -0.4 is 5.32 Å². The Morgan fingerprint density at radius 3 is 2.41 bits per heavy atom. The smallest absolute Gasteiger partial charge is 0.407 e. The molecule has 1 fully saturated rings. The molecule has 1 unspecified atom stereocenters. The lowest BCUT2D eigenvalue weighted by atomic mass is 9.95. The SMILES string of the molecule is CC.CC[C@@H]1CCC(=O)CN1C(=O)C(NC(=O)OC)C(C)C. The van der Waals surface area contributed by atoms with Gasteiger partial charge in [0.25, 0.3) is 0 Å². The Morgan fingerprint density at radius 2 is 1.95 bits per heavy atom. The van der Waals surface area contributed by atoms with Gasteiger partial charge in [0.15, 0.2) is 5.78 Å². The molecular formula is C16H30N2O4. The molecule has 2 amide bonds. The van der Waals surface area contributed by atoms with Crippen molar-refractivity contribution >= 4 is 17.8 Å². The lowest BCUT2D eigenvalue weighted by Crippen LogP contribution is -2.56. The van der Waals surface area contributed by atoms with Crippen LogP contribution in [0.3, 0.4) is 0 Å². The highest BCUT2D eigenvalue weighted by molar-refractivity contribution is 5.91. The van der Waals surface area contributed by atoms with E-state index in [4.69, 9.17) is 0 Å². The monoisotopic (exact) mass is 314 g/mol. The van der Waals surface area contributed by atoms with Crippen LogP contribution in [-0.2, 0) is 14.3 Å². The van der Waals surface area contributed by atoms with Crippen molar-refractivity contribution in [3.05, 3.63) is 0 Å². The number of nitrogens with zero attached hydrogens (tertiary/aromatic N) is 1. The van der Waals surface area contributed by atoms with E-state index in [0.717, 1.165) is 6.42 Å². The molecule has 1 rings (SSSR count). The molecule has 0 aromatic heterocycles. The molecule has 0 bridgehead atoms. The maximum atomic E-state index is 12.6. The Kier molecular flexibility index (Phi) is 9.45. The summed E-state index contributed by atoms with van der Waals surface area (Å²) in [5.41, 5.74) is 0. The number of rotatable bonds is 4. The van der Waals surface area contributed by atoms with Crippen LogP contribution in [0.25, 0.3) is 0 Å². The minimum atomic E-state index is -0.664. The van der Waals surface area contributed by atoms with Crippen molar-refractivity contribution < 1.29 is 19.1 Å². The molecule has 0 saturated carbocycles. The van der Waals surface area contributed by atoms with Gasteiger partial charge in [-0.1, -0.05) is 34.6 Å². The highest BCUT2D eigenvalue weighted by Gasteiger charge is 2.35. The van der Waals surface area contributed by atoms with Gasteiger partial charge in [0.05, 0.1) is 13.7 Å². The Morgan fingerprint density at radius 1 is 1.36 bits per heavy atom. The number of methoxy groups -OCH3 is 1. The maximum Gasteiger partial charge on any atom is 0.407 e. The molecule has 0 aliphatic carbocycles. The summed E-state index contributed by atoms with van der Waals surface area (Å²) in [6.07, 6.45) is 1.40. The number of carbonyl (C=O) groups excluding carboxylic acids is 3. The van der Waals surface area contributed by atoms with E-state index in [1.54, 1.807) is 4.90 Å². The van der Waals surface area contributed by atoms with Crippen LogP contribution in [0.1, 0.15) is 53.9 Å². The fraction of sp³-hybridized carbons (Fsp3) is 0.812. The van der Waals surface area contributed by atoms with Crippen molar-refractivity contribution in [3.63, 3.8) is 0 Å². The molecule has 128 valence electrons. The molecule has 6 heteroatoms. The predicted octanol–water partition coefficient (Wildman–Crippen LogP) is 2.36. The van der Waals surface area contributed by atoms with Crippen LogP contribution >= 0.6 is 0 Å². The molecule has 1 heterocycles. The molecule has 0 aromatic carbocycles. The lowest BCUT2D eigenvalue weighted by Gasteiger charge is -2.37. The van der Waals surface area contributed by atoms with E-state index >= 15 is 0 Å². The van der Waals surface area contributed by atoms with E-state index in [1.165, 1.54) is 7.11 Å². The quantitative estimate of drug-likeness (QED) is 0.864. The number of alkyl carbamates (subject to hydrolysis) is 1. The number of amides is 2. The second-order valence-electron chi connectivity index (χ2n) is 5.46. The molecule has 2 atom stereocenters. The maximum absolute atomic E-state index is 12.6. The third-order valence-electron chi connectivity index (χ3n) is 3.69. The topological polar surface area (TPSA) is 75.7 Å². The van der Waals surface area contributed by atoms with Crippen molar-refractivity contribution in [2.24, 2.45) is 5.92 Å². The molecule has 22 heavy (non-hydrogen) atoms. The zero-order valence-corrected chi connectivity index (χ0v) is 14.6. The van der Waals surface area contributed by atoms with Gasteiger partial charge in [-0.15, -0.1) is 0 Å². The van der Waals surface area contributed by atoms with Gasteiger partial charge in [0, 0.05) is 12.5 Å². The standard InChI is InChI=1S/C14H24N2O4.C2H6/c1-5-10-6-7-11(17)8-16(10)13(18)12(9(2)3)15-14(19)20-4;1-2/h9-10,12H,5-8H2,1-4H3,(H,15,19);1-2H3/t10-,12?;/m1./s1. The second kappa shape index (κ2) is 10.2. The Balaban J connectivity index is 0.00000211. The van der Waals surface area contributed by atoms with E-state index in [2.05, 4.69) is 10.1 Å². The van der Waals surface area contributed by atoms with Gasteiger partial charge in [-0.3, -0.25) is 9.59 Å². The summed E-state index contributed by atoms with van der Waals surface area (Å²) in [5, 5.41) is 2.56. The van der Waals surface area contributed by atoms with Crippen molar-refractivity contribution in [1.82, 2.24) is 10.2 Å². The minimum absolute atomic E-state index is 0.0703. The first-order valence-corrected chi connectivity index (χ1v) is 8.07. The zero-order valence-electron chi connectivity index (χ0n) is 14.6. The number of carbonyl (C=O) groups is 3. The highest BCUT2D eigenvalue weighted by Crippen LogP contribution is 2.20. The number of ketones is 1. The largest absolute Gasteiger partial charge is 0.453 e. The molecule has 0 aromatic rings. The van der Waals surface area contributed by atoms with Gasteiger partial charge in [0.2, 0.25) is 5.91 Å². The Bertz CT molecular complexity index is 382. The Hall–Kier alpha value is -1.59. The predicted molar refractivity (Wildman–Crippen MR) is 85.5 cm³/mol. The van der Waals surface area contributed by atoms with Gasteiger partial charge in [0.1, 0.15) is 6.04 Å². The second-order valence-corrected chi connectivity index (χ2v) is 5.46. The number of likely N-dealkylation sites (tertiary alicyclic amines) is 1. The highest BCUT2D eigenvalue weighted by atomic mass is 16.5. The number of hydrogen-bond donors (Lipinski definition) is 1. The summed E-state index contributed by atoms with van der Waals surface area (Å²) in [5.74, 6) is -0.204. The van der Waals surface area contributed by atoms with E-state index in [0.29, 0.717) is 12.8 Å². The fourth-order valence-corrected chi connectivity index (χ4v) is 2.44. The number of piperidine rings is 1. The number of Topliss-reactive ketones (excluding diaryl/α,β-unsaturated/α-hetero) is 1. The van der Waals surface area contributed by atoms with Crippen LogP contribution in [0.5, 0.6) is 0 Å². The van der Waals surface area contributed by atoms with Crippen molar-refractivity contribution in [2.45, 2.75) is 66.0 Å². The average molecular weight is 314 g/mol. The molecular weight excluding hydrogens is 284 g/mol. The van der Waals surface area contributed by atoms with Gasteiger partial charge >= 0.3 is 6.09 Å². The summed E-state index contributed by atoms with van der Waals surface area (Å²) >= 11 is 0. The first-order chi connectivity index (χ1) is 10.4. The van der Waals surface area contributed by atoms with Crippen LogP contribution in [0.2, 0.25) is 0 Å². The van der Waals surface area contributed by atoms with Gasteiger partial charge in [-0.2, -0.15) is 0 Å². The number of ether oxygens (including phenoxy) is 1. The molecule has 6 nitrogen and oxygen atoms in total. The van der Waals surface area contributed by atoms with Gasteiger partial charge in [-0.25, -0.2) is 4.79 Å². The Labute approximate surface area is 133 Å². The molecule has 1 aliphatic heterocycles. The van der Waals surface area contributed by atoms with E-state index in [9.17, 15) is 14.4 Å². The summed E-state index contributed by atoms with van der Waals surface area (Å²) in [6.45, 7) is 9.85. The van der Waals surface area contributed by atoms with E-state index in [1.807, 2.05) is 34.6 Å². The van der Waals surface area contributed by atoms with E-state index in [-0.39, 0.29) is 30.2 Å². The average Bonchev–Trinajstić information content (AvgIpc) is 2.53. The first-order valence-electron chi connectivity index (χ1n) is 8.07. The first kappa shape index (κ1) is 20.4.